The van der Waals surface area contributed by atoms with Gasteiger partial charge in [0.2, 0.25) is 0 Å². The zero-order valence-electron chi connectivity index (χ0n) is 9.91. The molecule has 2 rings (SSSR count). The van der Waals surface area contributed by atoms with Gasteiger partial charge in [-0.3, -0.25) is 0 Å². The van der Waals surface area contributed by atoms with E-state index in [2.05, 4.69) is 0 Å². The van der Waals surface area contributed by atoms with Crippen LogP contribution in [0.2, 0.25) is 10.0 Å². The van der Waals surface area contributed by atoms with Crippen molar-refractivity contribution in [3.05, 3.63) is 57.6 Å². The number of anilines is 1. The molecule has 4 heteroatoms. The van der Waals surface area contributed by atoms with Crippen molar-refractivity contribution in [2.75, 3.05) is 5.73 Å². The third kappa shape index (κ3) is 3.09. The van der Waals surface area contributed by atoms with Gasteiger partial charge in [-0.1, -0.05) is 29.3 Å². The van der Waals surface area contributed by atoms with E-state index in [1.165, 1.54) is 0 Å². The van der Waals surface area contributed by atoms with Gasteiger partial charge in [0.15, 0.2) is 0 Å². The molecule has 0 spiro atoms. The molecule has 0 aliphatic carbocycles. The monoisotopic (exact) mass is 281 g/mol. The van der Waals surface area contributed by atoms with Crippen molar-refractivity contribution < 1.29 is 4.74 Å². The number of hydrogen-bond donors (Lipinski definition) is 1. The van der Waals surface area contributed by atoms with Crippen molar-refractivity contribution in [2.24, 2.45) is 0 Å². The molecule has 0 aliphatic heterocycles. The van der Waals surface area contributed by atoms with Crippen LogP contribution in [0.5, 0.6) is 5.75 Å². The van der Waals surface area contributed by atoms with Crippen molar-refractivity contribution in [1.82, 2.24) is 0 Å². The van der Waals surface area contributed by atoms with Crippen LogP contribution in [0.15, 0.2) is 36.4 Å². The lowest BCUT2D eigenvalue weighted by molar-refractivity contribution is 0.305. The van der Waals surface area contributed by atoms with Crippen molar-refractivity contribution in [3.63, 3.8) is 0 Å². The highest BCUT2D eigenvalue weighted by molar-refractivity contribution is 6.31. The molecular formula is C14H13Cl2NO. The van der Waals surface area contributed by atoms with Crippen molar-refractivity contribution >= 4 is 28.9 Å². The van der Waals surface area contributed by atoms with Crippen LogP contribution in [-0.4, -0.2) is 0 Å². The van der Waals surface area contributed by atoms with Gasteiger partial charge >= 0.3 is 0 Å². The minimum atomic E-state index is 0.369. The molecule has 0 amide bonds. The van der Waals surface area contributed by atoms with Gasteiger partial charge in [-0.15, -0.1) is 0 Å². The summed E-state index contributed by atoms with van der Waals surface area (Å²) in [5.74, 6) is 0.752. The molecule has 2 aromatic rings. The quantitative estimate of drug-likeness (QED) is 0.843. The van der Waals surface area contributed by atoms with E-state index in [1.807, 2.05) is 19.1 Å². The lowest BCUT2D eigenvalue weighted by Gasteiger charge is -2.11. The Kier molecular flexibility index (Phi) is 4.00. The van der Waals surface area contributed by atoms with Crippen LogP contribution in [0.4, 0.5) is 5.69 Å². The van der Waals surface area contributed by atoms with Gasteiger partial charge in [0, 0.05) is 21.3 Å². The molecule has 0 aromatic heterocycles. The van der Waals surface area contributed by atoms with E-state index in [0.29, 0.717) is 22.3 Å². The topological polar surface area (TPSA) is 35.2 Å². The molecule has 2 aromatic carbocycles. The molecule has 2 N–H and O–H groups in total. The SMILES string of the molecule is Cc1ccc(Cl)cc1OCc1cc(Cl)ccc1N. The average molecular weight is 282 g/mol. The minimum Gasteiger partial charge on any atom is -0.489 e. The fourth-order valence-electron chi connectivity index (χ4n) is 1.58. The number of hydrogen-bond acceptors (Lipinski definition) is 2. The van der Waals surface area contributed by atoms with Crippen LogP contribution in [0.1, 0.15) is 11.1 Å². The number of rotatable bonds is 3. The van der Waals surface area contributed by atoms with Gasteiger partial charge in [-0.2, -0.15) is 0 Å². The first kappa shape index (κ1) is 13.1. The number of ether oxygens (including phenoxy) is 1. The zero-order valence-corrected chi connectivity index (χ0v) is 11.4. The van der Waals surface area contributed by atoms with Gasteiger partial charge < -0.3 is 10.5 Å². The Morgan fingerprint density at radius 3 is 2.50 bits per heavy atom. The molecule has 0 fully saturated rings. The standard InChI is InChI=1S/C14H13Cl2NO/c1-9-2-3-12(16)7-14(9)18-8-10-6-11(15)4-5-13(10)17/h2-7H,8,17H2,1H3. The van der Waals surface area contributed by atoms with Crippen molar-refractivity contribution in [1.29, 1.82) is 0 Å². The van der Waals surface area contributed by atoms with Crippen molar-refractivity contribution in [2.45, 2.75) is 13.5 Å². The summed E-state index contributed by atoms with van der Waals surface area (Å²) in [6.07, 6.45) is 0. The summed E-state index contributed by atoms with van der Waals surface area (Å²) in [7, 11) is 0. The van der Waals surface area contributed by atoms with E-state index in [0.717, 1.165) is 16.9 Å². The molecule has 0 unspecified atom stereocenters. The number of aryl methyl sites for hydroxylation is 1. The van der Waals surface area contributed by atoms with Crippen LogP contribution < -0.4 is 10.5 Å². The number of halogens is 2. The molecule has 0 saturated heterocycles. The van der Waals surface area contributed by atoms with E-state index in [9.17, 15) is 0 Å². The second-order valence-corrected chi connectivity index (χ2v) is 4.91. The maximum absolute atomic E-state index is 5.93. The molecule has 94 valence electrons. The van der Waals surface area contributed by atoms with E-state index in [-0.39, 0.29) is 0 Å². The molecule has 0 heterocycles. The lowest BCUT2D eigenvalue weighted by atomic mass is 10.2. The van der Waals surface area contributed by atoms with Gasteiger partial charge in [0.25, 0.3) is 0 Å². The van der Waals surface area contributed by atoms with Crippen molar-refractivity contribution in [3.8, 4) is 5.75 Å². The highest BCUT2D eigenvalue weighted by Crippen LogP contribution is 2.25. The summed E-state index contributed by atoms with van der Waals surface area (Å²) in [4.78, 5) is 0. The highest BCUT2D eigenvalue weighted by atomic mass is 35.5. The Bertz CT molecular complexity index is 518. The summed E-state index contributed by atoms with van der Waals surface area (Å²) >= 11 is 11.9. The summed E-state index contributed by atoms with van der Waals surface area (Å²) in [5, 5.41) is 1.29. The first-order valence-corrected chi connectivity index (χ1v) is 6.24. The minimum absolute atomic E-state index is 0.369. The largest absolute Gasteiger partial charge is 0.489 e. The third-order valence-electron chi connectivity index (χ3n) is 2.64. The first-order valence-electron chi connectivity index (χ1n) is 5.49. The normalized spacial score (nSPS) is 10.4. The van der Waals surface area contributed by atoms with Gasteiger partial charge in [-0.25, -0.2) is 0 Å². The van der Waals surface area contributed by atoms with Gasteiger partial charge in [0.1, 0.15) is 12.4 Å². The van der Waals surface area contributed by atoms with Crippen LogP contribution in [0, 0.1) is 6.92 Å². The Morgan fingerprint density at radius 1 is 1.06 bits per heavy atom. The maximum Gasteiger partial charge on any atom is 0.124 e. The lowest BCUT2D eigenvalue weighted by Crippen LogP contribution is -2.01. The van der Waals surface area contributed by atoms with Crippen LogP contribution >= 0.6 is 23.2 Å². The fourth-order valence-corrected chi connectivity index (χ4v) is 1.94. The summed E-state index contributed by atoms with van der Waals surface area (Å²) in [6, 6.07) is 10.9. The summed E-state index contributed by atoms with van der Waals surface area (Å²) < 4.78 is 5.72. The summed E-state index contributed by atoms with van der Waals surface area (Å²) in [5.41, 5.74) is 8.41. The summed E-state index contributed by atoms with van der Waals surface area (Å²) in [6.45, 7) is 2.33. The van der Waals surface area contributed by atoms with E-state index >= 15 is 0 Å². The predicted molar refractivity (Wildman–Crippen MR) is 76.4 cm³/mol. The fraction of sp³-hybridized carbons (Fsp3) is 0.143. The smallest absolute Gasteiger partial charge is 0.124 e. The molecule has 2 nitrogen and oxygen atoms in total. The second-order valence-electron chi connectivity index (χ2n) is 4.04. The van der Waals surface area contributed by atoms with Crippen LogP contribution in [0.3, 0.4) is 0 Å². The molecule has 18 heavy (non-hydrogen) atoms. The highest BCUT2D eigenvalue weighted by Gasteiger charge is 2.04. The number of nitrogens with two attached hydrogens (primary N) is 1. The van der Waals surface area contributed by atoms with Crippen LogP contribution in [0.25, 0.3) is 0 Å². The van der Waals surface area contributed by atoms with E-state index in [1.54, 1.807) is 24.3 Å². The first-order chi connectivity index (χ1) is 8.56. The zero-order chi connectivity index (χ0) is 13.1. The average Bonchev–Trinajstić information content (AvgIpc) is 2.34. The maximum atomic E-state index is 5.93. The molecule has 0 radical (unpaired) electrons. The Balaban J connectivity index is 2.16. The van der Waals surface area contributed by atoms with Crippen LogP contribution in [-0.2, 0) is 6.61 Å². The Hall–Kier alpha value is -1.38. The molecule has 0 saturated carbocycles. The number of nitrogen functional groups attached to an aromatic ring is 1. The molecule has 0 bridgehead atoms. The Labute approximate surface area is 116 Å². The Morgan fingerprint density at radius 2 is 1.72 bits per heavy atom. The molecular weight excluding hydrogens is 269 g/mol. The van der Waals surface area contributed by atoms with Gasteiger partial charge in [0.05, 0.1) is 0 Å². The number of benzene rings is 2. The van der Waals surface area contributed by atoms with E-state index in [4.69, 9.17) is 33.7 Å². The predicted octanol–water partition coefficient (Wildman–Crippen LogP) is 4.46. The van der Waals surface area contributed by atoms with Gasteiger partial charge in [-0.05, 0) is 42.8 Å². The third-order valence-corrected chi connectivity index (χ3v) is 3.11. The van der Waals surface area contributed by atoms with E-state index < -0.39 is 0 Å². The molecule has 0 atom stereocenters. The second kappa shape index (κ2) is 5.51. The molecule has 0 aliphatic rings.